The van der Waals surface area contributed by atoms with E-state index in [9.17, 15) is 0 Å². The van der Waals surface area contributed by atoms with Crippen molar-refractivity contribution in [3.05, 3.63) is 11.1 Å². The van der Waals surface area contributed by atoms with Crippen molar-refractivity contribution >= 4 is 16.5 Å². The first-order chi connectivity index (χ1) is 9.33. The lowest BCUT2D eigenvalue weighted by Crippen LogP contribution is -2.23. The normalized spacial score (nSPS) is 20.5. The van der Waals surface area contributed by atoms with E-state index < -0.39 is 0 Å². The lowest BCUT2D eigenvalue weighted by atomic mass is 9.98. The summed E-state index contributed by atoms with van der Waals surface area (Å²) in [7, 11) is 0. The maximum Gasteiger partial charge on any atom is 0.185 e. The van der Waals surface area contributed by atoms with Gasteiger partial charge in [-0.25, -0.2) is 4.98 Å². The van der Waals surface area contributed by atoms with Crippen molar-refractivity contribution in [2.45, 2.75) is 52.5 Å². The van der Waals surface area contributed by atoms with Crippen molar-refractivity contribution in [3.8, 4) is 0 Å². The highest BCUT2D eigenvalue weighted by Gasteiger charge is 2.17. The van der Waals surface area contributed by atoms with Gasteiger partial charge in [0.1, 0.15) is 0 Å². The summed E-state index contributed by atoms with van der Waals surface area (Å²) in [4.78, 5) is 8.47. The third-order valence-corrected chi connectivity index (χ3v) is 5.02. The lowest BCUT2D eigenvalue weighted by molar-refractivity contribution is 0.459. The van der Waals surface area contributed by atoms with E-state index >= 15 is 0 Å². The van der Waals surface area contributed by atoms with Gasteiger partial charge in [0.25, 0.3) is 0 Å². The molecular formula is C15H27N3S. The molecule has 0 aromatic carbocycles. The average Bonchev–Trinajstić information content (AvgIpc) is 2.76. The minimum Gasteiger partial charge on any atom is -0.348 e. The predicted molar refractivity (Wildman–Crippen MR) is 84.0 cm³/mol. The van der Waals surface area contributed by atoms with Gasteiger partial charge in [-0.15, -0.1) is 11.3 Å². The number of nitrogens with one attached hydrogen (secondary N) is 1. The van der Waals surface area contributed by atoms with Crippen LogP contribution in [0.2, 0.25) is 0 Å². The van der Waals surface area contributed by atoms with E-state index in [2.05, 4.69) is 29.0 Å². The molecule has 1 saturated heterocycles. The standard InChI is InChI=1S/C15H27N3S/c1-3-8-16-11-14-12-17-15(19-14)18-9-5-6-13(4-2)7-10-18/h12-13,16H,3-11H2,1-2H3. The smallest absolute Gasteiger partial charge is 0.185 e. The molecule has 1 aliphatic heterocycles. The van der Waals surface area contributed by atoms with E-state index in [0.29, 0.717) is 0 Å². The van der Waals surface area contributed by atoms with Crippen LogP contribution in [0, 0.1) is 5.92 Å². The lowest BCUT2D eigenvalue weighted by Gasteiger charge is -2.19. The summed E-state index contributed by atoms with van der Waals surface area (Å²) in [5.41, 5.74) is 0. The molecule has 0 radical (unpaired) electrons. The molecule has 3 nitrogen and oxygen atoms in total. The highest BCUT2D eigenvalue weighted by atomic mass is 32.1. The Labute approximate surface area is 121 Å². The molecule has 1 atom stereocenters. The Balaban J connectivity index is 1.87. The summed E-state index contributed by atoms with van der Waals surface area (Å²) in [6, 6.07) is 0. The van der Waals surface area contributed by atoms with Crippen LogP contribution in [0.25, 0.3) is 0 Å². The molecule has 1 aromatic heterocycles. The number of hydrogen-bond donors (Lipinski definition) is 1. The zero-order chi connectivity index (χ0) is 13.5. The molecule has 0 amide bonds. The van der Waals surface area contributed by atoms with Crippen molar-refractivity contribution < 1.29 is 0 Å². The summed E-state index contributed by atoms with van der Waals surface area (Å²) in [5, 5.41) is 4.67. The van der Waals surface area contributed by atoms with Gasteiger partial charge in [0.2, 0.25) is 0 Å². The van der Waals surface area contributed by atoms with Crippen LogP contribution in [0.1, 0.15) is 50.8 Å². The number of aromatic nitrogens is 1. The molecule has 0 aliphatic carbocycles. The van der Waals surface area contributed by atoms with Crippen LogP contribution in [0.5, 0.6) is 0 Å². The molecule has 2 rings (SSSR count). The van der Waals surface area contributed by atoms with Crippen LogP contribution in [0.3, 0.4) is 0 Å². The zero-order valence-electron chi connectivity index (χ0n) is 12.3. The molecular weight excluding hydrogens is 254 g/mol. The maximum absolute atomic E-state index is 4.62. The Kier molecular flexibility index (Phi) is 6.11. The topological polar surface area (TPSA) is 28.2 Å². The monoisotopic (exact) mass is 281 g/mol. The fourth-order valence-electron chi connectivity index (χ4n) is 2.68. The van der Waals surface area contributed by atoms with Gasteiger partial charge in [-0.05, 0) is 38.1 Å². The second-order valence-corrected chi connectivity index (χ2v) is 6.57. The molecule has 108 valence electrons. The molecule has 1 unspecified atom stereocenters. The van der Waals surface area contributed by atoms with Crippen molar-refractivity contribution in [1.82, 2.24) is 10.3 Å². The number of thiazole rings is 1. The quantitative estimate of drug-likeness (QED) is 0.807. The fraction of sp³-hybridized carbons (Fsp3) is 0.800. The third kappa shape index (κ3) is 4.46. The summed E-state index contributed by atoms with van der Waals surface area (Å²) in [6.07, 6.45) is 8.61. The molecule has 0 saturated carbocycles. The van der Waals surface area contributed by atoms with E-state index in [0.717, 1.165) is 19.0 Å². The SMILES string of the molecule is CCCNCc1cnc(N2CCCC(CC)CC2)s1. The third-order valence-electron chi connectivity index (χ3n) is 3.96. The number of anilines is 1. The summed E-state index contributed by atoms with van der Waals surface area (Å²) >= 11 is 1.86. The van der Waals surface area contributed by atoms with Gasteiger partial charge >= 0.3 is 0 Å². The Morgan fingerprint density at radius 2 is 2.26 bits per heavy atom. The summed E-state index contributed by atoms with van der Waals surface area (Å²) in [6.45, 7) is 8.96. The zero-order valence-corrected chi connectivity index (χ0v) is 13.1. The molecule has 19 heavy (non-hydrogen) atoms. The minimum absolute atomic E-state index is 0.927. The van der Waals surface area contributed by atoms with Crippen molar-refractivity contribution in [3.63, 3.8) is 0 Å². The Hall–Kier alpha value is -0.610. The van der Waals surface area contributed by atoms with Crippen LogP contribution in [0.15, 0.2) is 6.20 Å². The molecule has 1 aromatic rings. The Morgan fingerprint density at radius 1 is 1.37 bits per heavy atom. The van der Waals surface area contributed by atoms with Crippen LogP contribution in [-0.2, 0) is 6.54 Å². The van der Waals surface area contributed by atoms with Crippen molar-refractivity contribution in [1.29, 1.82) is 0 Å². The van der Waals surface area contributed by atoms with E-state index in [-0.39, 0.29) is 0 Å². The van der Waals surface area contributed by atoms with Gasteiger partial charge in [-0.2, -0.15) is 0 Å². The van der Waals surface area contributed by atoms with Gasteiger partial charge in [0.05, 0.1) is 0 Å². The first-order valence-corrected chi connectivity index (χ1v) is 8.55. The van der Waals surface area contributed by atoms with Gasteiger partial charge in [-0.1, -0.05) is 20.3 Å². The van der Waals surface area contributed by atoms with Gasteiger partial charge < -0.3 is 10.2 Å². The van der Waals surface area contributed by atoms with Crippen molar-refractivity contribution in [2.75, 3.05) is 24.5 Å². The maximum atomic E-state index is 4.62. The van der Waals surface area contributed by atoms with Crippen LogP contribution in [-0.4, -0.2) is 24.6 Å². The first kappa shape index (κ1) is 14.8. The second-order valence-electron chi connectivity index (χ2n) is 5.48. The number of nitrogens with zero attached hydrogens (tertiary/aromatic N) is 2. The van der Waals surface area contributed by atoms with E-state index in [1.165, 1.54) is 55.2 Å². The van der Waals surface area contributed by atoms with Gasteiger partial charge in [-0.3, -0.25) is 0 Å². The second kappa shape index (κ2) is 7.85. The first-order valence-electron chi connectivity index (χ1n) is 7.73. The summed E-state index contributed by atoms with van der Waals surface area (Å²) in [5.74, 6) is 0.927. The van der Waals surface area contributed by atoms with Crippen molar-refractivity contribution in [2.24, 2.45) is 5.92 Å². The van der Waals surface area contributed by atoms with Gasteiger partial charge in [0, 0.05) is 30.7 Å². The number of rotatable bonds is 6. The fourth-order valence-corrected chi connectivity index (χ4v) is 3.61. The minimum atomic E-state index is 0.927. The predicted octanol–water partition coefficient (Wildman–Crippen LogP) is 3.66. The molecule has 1 N–H and O–H groups in total. The molecule has 0 spiro atoms. The summed E-state index contributed by atoms with van der Waals surface area (Å²) < 4.78 is 0. The Morgan fingerprint density at radius 3 is 3.05 bits per heavy atom. The Bertz CT molecular complexity index is 364. The largest absolute Gasteiger partial charge is 0.348 e. The molecule has 1 aliphatic rings. The molecule has 0 bridgehead atoms. The molecule has 4 heteroatoms. The molecule has 2 heterocycles. The highest BCUT2D eigenvalue weighted by molar-refractivity contribution is 7.15. The molecule has 1 fully saturated rings. The van der Waals surface area contributed by atoms with Crippen LogP contribution < -0.4 is 10.2 Å². The number of hydrogen-bond acceptors (Lipinski definition) is 4. The van der Waals surface area contributed by atoms with Crippen LogP contribution in [0.4, 0.5) is 5.13 Å². The van der Waals surface area contributed by atoms with E-state index in [1.54, 1.807) is 0 Å². The average molecular weight is 281 g/mol. The van der Waals surface area contributed by atoms with E-state index in [1.807, 2.05) is 17.5 Å². The van der Waals surface area contributed by atoms with Crippen LogP contribution >= 0.6 is 11.3 Å². The van der Waals surface area contributed by atoms with Gasteiger partial charge in [0.15, 0.2) is 5.13 Å². The van der Waals surface area contributed by atoms with E-state index in [4.69, 9.17) is 0 Å². The highest BCUT2D eigenvalue weighted by Crippen LogP contribution is 2.27.